The summed E-state index contributed by atoms with van der Waals surface area (Å²) in [4.78, 5) is 28.3. The van der Waals surface area contributed by atoms with Crippen molar-refractivity contribution in [2.24, 2.45) is 9.98 Å². The number of hydrogen-bond acceptors (Lipinski definition) is 6. The van der Waals surface area contributed by atoms with Crippen LogP contribution in [0.2, 0.25) is 0 Å². The Hall–Kier alpha value is -3.96. The van der Waals surface area contributed by atoms with Crippen LogP contribution in [-0.2, 0) is 10.9 Å². The van der Waals surface area contributed by atoms with Gasteiger partial charge in [0, 0.05) is 17.4 Å². The first-order valence-corrected chi connectivity index (χ1v) is 11.3. The van der Waals surface area contributed by atoms with Crippen LogP contribution in [0, 0.1) is 0 Å². The van der Waals surface area contributed by atoms with E-state index in [0.29, 0.717) is 23.6 Å². The molecule has 1 aliphatic rings. The molecule has 0 radical (unpaired) electrons. The maximum atomic E-state index is 13.2. The molecular formula is C24H28F3N7O2. The molecule has 1 aliphatic carbocycles. The van der Waals surface area contributed by atoms with E-state index in [1.165, 1.54) is 13.2 Å². The smallest absolute Gasteiger partial charge is 0.433 e. The number of methoxy groups -OCH3 is 1. The van der Waals surface area contributed by atoms with E-state index in [1.807, 2.05) is 13.0 Å². The average Bonchev–Trinajstić information content (AvgIpc) is 3.55. The number of ether oxygens (including phenoxy) is 1. The molecule has 12 heteroatoms. The van der Waals surface area contributed by atoms with Gasteiger partial charge in [-0.25, -0.2) is 14.8 Å². The predicted molar refractivity (Wildman–Crippen MR) is 132 cm³/mol. The zero-order valence-corrected chi connectivity index (χ0v) is 20.4. The van der Waals surface area contributed by atoms with Crippen LogP contribution in [0.5, 0.6) is 0 Å². The molecule has 1 fully saturated rings. The number of hydrogen-bond donors (Lipinski definition) is 3. The van der Waals surface area contributed by atoms with Crippen molar-refractivity contribution in [1.82, 2.24) is 15.3 Å². The number of anilines is 2. The lowest BCUT2D eigenvalue weighted by Crippen LogP contribution is -2.27. The molecule has 2 heterocycles. The summed E-state index contributed by atoms with van der Waals surface area (Å²) >= 11 is 0. The van der Waals surface area contributed by atoms with Crippen molar-refractivity contribution in [3.8, 4) is 0 Å². The lowest BCUT2D eigenvalue weighted by molar-refractivity contribution is -0.141. The topological polar surface area (TPSA) is 113 Å². The van der Waals surface area contributed by atoms with Crippen LogP contribution in [0.25, 0.3) is 0 Å². The summed E-state index contributed by atoms with van der Waals surface area (Å²) in [6.45, 7) is 5.69. The third kappa shape index (κ3) is 7.79. The molecule has 9 nitrogen and oxygen atoms in total. The summed E-state index contributed by atoms with van der Waals surface area (Å²) < 4.78 is 44.1. The van der Waals surface area contributed by atoms with Crippen molar-refractivity contribution in [3.05, 3.63) is 59.8 Å². The zero-order chi connectivity index (χ0) is 26.3. The van der Waals surface area contributed by atoms with E-state index in [-0.39, 0.29) is 23.0 Å². The van der Waals surface area contributed by atoms with Crippen LogP contribution in [0.3, 0.4) is 0 Å². The number of aromatic nitrogens is 2. The van der Waals surface area contributed by atoms with E-state index < -0.39 is 18.0 Å². The van der Waals surface area contributed by atoms with Gasteiger partial charge < -0.3 is 15.4 Å². The molecule has 0 atom stereocenters. The Bertz CT molecular complexity index is 1190. The normalized spacial score (nSPS) is 15.8. The van der Waals surface area contributed by atoms with Gasteiger partial charge in [0.1, 0.15) is 17.3 Å². The number of halogens is 3. The van der Waals surface area contributed by atoms with E-state index in [1.54, 1.807) is 25.1 Å². The van der Waals surface area contributed by atoms with E-state index >= 15 is 0 Å². The van der Waals surface area contributed by atoms with Crippen molar-refractivity contribution in [2.45, 2.75) is 51.7 Å². The van der Waals surface area contributed by atoms with Gasteiger partial charge in [-0.2, -0.15) is 18.2 Å². The molecule has 36 heavy (non-hydrogen) atoms. The van der Waals surface area contributed by atoms with E-state index in [9.17, 15) is 18.0 Å². The Balaban J connectivity index is 1.98. The van der Waals surface area contributed by atoms with Crippen LogP contribution >= 0.6 is 0 Å². The molecule has 3 rings (SSSR count). The summed E-state index contributed by atoms with van der Waals surface area (Å²) in [7, 11) is 1.24. The fraction of sp³-hybridized carbons (Fsp3) is 0.375. The number of guanidine groups is 1. The minimum atomic E-state index is -4.60. The third-order valence-corrected chi connectivity index (χ3v) is 5.17. The number of alkyl halides is 3. The Morgan fingerprint density at radius 3 is 2.61 bits per heavy atom. The Morgan fingerprint density at radius 1 is 1.22 bits per heavy atom. The van der Waals surface area contributed by atoms with E-state index in [2.05, 4.69) is 47.6 Å². The number of carbonyl (C=O) groups excluding carboxylic acids is 1. The van der Waals surface area contributed by atoms with Crippen LogP contribution < -0.4 is 16.0 Å². The largest absolute Gasteiger partial charge is 0.453 e. The maximum absolute atomic E-state index is 13.2. The first-order valence-electron chi connectivity index (χ1n) is 11.3. The number of nitrogens with zero attached hydrogens (tertiary/aromatic N) is 4. The summed E-state index contributed by atoms with van der Waals surface area (Å²) in [6.07, 6.45) is 0.327. The van der Waals surface area contributed by atoms with Crippen molar-refractivity contribution >= 4 is 29.3 Å². The van der Waals surface area contributed by atoms with Gasteiger partial charge in [-0.1, -0.05) is 13.0 Å². The molecule has 1 amide bonds. The Labute approximate surface area is 207 Å². The molecule has 0 unspecified atom stereocenters. The first-order chi connectivity index (χ1) is 17.0. The first kappa shape index (κ1) is 26.6. The quantitative estimate of drug-likeness (QED) is 0.347. The van der Waals surface area contributed by atoms with Gasteiger partial charge in [0.05, 0.1) is 18.5 Å². The summed E-state index contributed by atoms with van der Waals surface area (Å²) in [6, 6.07) is 7.22. The predicted octanol–water partition coefficient (Wildman–Crippen LogP) is 5.34. The van der Waals surface area contributed by atoms with Gasteiger partial charge in [-0.05, 0) is 63.5 Å². The number of allylic oxidation sites excluding steroid dienone is 1. The van der Waals surface area contributed by atoms with Crippen LogP contribution in [0.4, 0.5) is 29.5 Å². The van der Waals surface area contributed by atoms with E-state index in [0.717, 1.165) is 25.1 Å². The van der Waals surface area contributed by atoms with Gasteiger partial charge in [0.2, 0.25) is 5.96 Å². The number of aliphatic imine (C=N–C) groups is 2. The highest BCUT2D eigenvalue weighted by Crippen LogP contribution is 2.35. The molecule has 0 spiro atoms. The summed E-state index contributed by atoms with van der Waals surface area (Å²) in [5.74, 6) is 0.853. The highest BCUT2D eigenvalue weighted by Gasteiger charge is 2.37. The Morgan fingerprint density at radius 2 is 1.97 bits per heavy atom. The fourth-order valence-electron chi connectivity index (χ4n) is 3.00. The molecule has 0 bridgehead atoms. The molecule has 192 valence electrons. The third-order valence-electron chi connectivity index (χ3n) is 5.17. The van der Waals surface area contributed by atoms with Gasteiger partial charge in [0.25, 0.3) is 0 Å². The van der Waals surface area contributed by atoms with Gasteiger partial charge in [-0.15, -0.1) is 0 Å². The van der Waals surface area contributed by atoms with Crippen molar-refractivity contribution in [1.29, 1.82) is 0 Å². The second kappa shape index (κ2) is 11.2. The van der Waals surface area contributed by atoms with Gasteiger partial charge in [-0.3, -0.25) is 10.3 Å². The number of rotatable bonds is 7. The van der Waals surface area contributed by atoms with Gasteiger partial charge >= 0.3 is 12.3 Å². The molecule has 0 aromatic carbocycles. The molecule has 1 saturated carbocycles. The zero-order valence-electron chi connectivity index (χ0n) is 20.4. The molecule has 2 aromatic heterocycles. The Kier molecular flexibility index (Phi) is 8.28. The minimum absolute atomic E-state index is 0.0522. The number of carbonyl (C=O) groups is 1. The SMILES string of the molecule is CC/C=C(/N=C(\N=C(/C)c1cccc(NC(=O)OC)n1)Nc1ccnc(C(F)(F)F)c1)NC1(C)CC1. The monoisotopic (exact) mass is 503 g/mol. The van der Waals surface area contributed by atoms with Crippen LogP contribution in [0.15, 0.2) is 58.4 Å². The number of pyridine rings is 2. The van der Waals surface area contributed by atoms with Crippen LogP contribution in [-0.4, -0.2) is 40.4 Å². The molecule has 3 N–H and O–H groups in total. The average molecular weight is 504 g/mol. The second-order valence-corrected chi connectivity index (χ2v) is 8.39. The molecular weight excluding hydrogens is 475 g/mol. The highest BCUT2D eigenvalue weighted by molar-refractivity contribution is 6.08. The summed E-state index contributed by atoms with van der Waals surface area (Å²) in [5.41, 5.74) is -0.163. The highest BCUT2D eigenvalue weighted by atomic mass is 19.4. The number of nitrogens with one attached hydrogen (secondary N) is 3. The lowest BCUT2D eigenvalue weighted by atomic mass is 10.2. The second-order valence-electron chi connectivity index (χ2n) is 8.39. The van der Waals surface area contributed by atoms with Crippen molar-refractivity contribution in [3.63, 3.8) is 0 Å². The standard InChI is InChI=1S/C24H28F3N7O2/c1-5-7-20(34-23(3)11-12-23)32-21(30-16-10-13-28-18(14-16)24(25,26)27)29-15(2)17-8-6-9-19(31-17)33-22(35)36-4/h6-10,13-14,34H,5,11-12H2,1-4H3,(H,28,30,32)(H,31,33,35)/b20-7-,29-15+. The number of amides is 1. The van der Waals surface area contributed by atoms with Crippen LogP contribution in [0.1, 0.15) is 51.4 Å². The maximum Gasteiger partial charge on any atom is 0.433 e. The lowest BCUT2D eigenvalue weighted by Gasteiger charge is -2.15. The molecule has 2 aromatic rings. The molecule has 0 saturated heterocycles. The molecule has 0 aliphatic heterocycles. The minimum Gasteiger partial charge on any atom is -0.453 e. The van der Waals surface area contributed by atoms with Gasteiger partial charge in [0.15, 0.2) is 0 Å². The fourth-order valence-corrected chi connectivity index (χ4v) is 3.00. The van der Waals surface area contributed by atoms with Crippen molar-refractivity contribution < 1.29 is 22.7 Å². The van der Waals surface area contributed by atoms with E-state index in [4.69, 9.17) is 0 Å². The summed E-state index contributed by atoms with van der Waals surface area (Å²) in [5, 5.41) is 8.71. The van der Waals surface area contributed by atoms with Crippen molar-refractivity contribution in [2.75, 3.05) is 17.7 Å².